The summed E-state index contributed by atoms with van der Waals surface area (Å²) in [4.78, 5) is 23.5. The number of imidazole rings is 1. The third-order valence-corrected chi connectivity index (χ3v) is 3.71. The van der Waals surface area contributed by atoms with Crippen molar-refractivity contribution < 1.29 is 9.53 Å². The maximum Gasteiger partial charge on any atom is 0.273 e. The van der Waals surface area contributed by atoms with Crippen molar-refractivity contribution in [2.24, 2.45) is 0 Å². The molecule has 0 unspecified atom stereocenters. The summed E-state index contributed by atoms with van der Waals surface area (Å²) in [7, 11) is 1.58. The first-order valence-electron chi connectivity index (χ1n) is 7.51. The Labute approximate surface area is 139 Å². The predicted molar refractivity (Wildman–Crippen MR) is 92.2 cm³/mol. The second-order valence-corrected chi connectivity index (χ2v) is 5.46. The largest absolute Gasteiger partial charge is 0.481 e. The summed E-state index contributed by atoms with van der Waals surface area (Å²) in [6, 6.07) is 9.63. The van der Waals surface area contributed by atoms with Gasteiger partial charge in [-0.15, -0.1) is 0 Å². The van der Waals surface area contributed by atoms with E-state index in [9.17, 15) is 4.79 Å². The molecule has 0 atom stereocenters. The van der Waals surface area contributed by atoms with Crippen LogP contribution in [0.4, 0.5) is 5.69 Å². The van der Waals surface area contributed by atoms with Crippen molar-refractivity contribution >= 4 is 11.6 Å². The minimum absolute atomic E-state index is 0.219. The topological polar surface area (TPSA) is 79.9 Å². The van der Waals surface area contributed by atoms with Gasteiger partial charge in [-0.25, -0.2) is 9.97 Å². The molecule has 0 aliphatic heterocycles. The molecule has 0 bridgehead atoms. The second kappa shape index (κ2) is 6.54. The van der Waals surface area contributed by atoms with Crippen molar-refractivity contribution in [1.29, 1.82) is 0 Å². The molecule has 0 aliphatic rings. The molecule has 6 heteroatoms. The van der Waals surface area contributed by atoms with E-state index >= 15 is 0 Å². The zero-order chi connectivity index (χ0) is 17.1. The summed E-state index contributed by atoms with van der Waals surface area (Å²) >= 11 is 0. The molecule has 6 nitrogen and oxygen atoms in total. The number of benzene rings is 1. The van der Waals surface area contributed by atoms with Gasteiger partial charge in [0.15, 0.2) is 0 Å². The van der Waals surface area contributed by atoms with Gasteiger partial charge in [0.1, 0.15) is 11.5 Å². The summed E-state index contributed by atoms with van der Waals surface area (Å²) in [5, 5.41) is 2.92. The number of ether oxygens (including phenoxy) is 1. The Balaban J connectivity index is 1.86. The molecule has 122 valence electrons. The van der Waals surface area contributed by atoms with E-state index in [1.807, 2.05) is 31.2 Å². The van der Waals surface area contributed by atoms with E-state index < -0.39 is 0 Å². The van der Waals surface area contributed by atoms with E-state index in [4.69, 9.17) is 4.74 Å². The van der Waals surface area contributed by atoms with Crippen LogP contribution in [0, 0.1) is 13.8 Å². The number of nitrogens with one attached hydrogen (secondary N) is 2. The number of aryl methyl sites for hydroxylation is 2. The maximum absolute atomic E-state index is 12.3. The molecular formula is C18H18N4O2. The van der Waals surface area contributed by atoms with Crippen LogP contribution in [0.25, 0.3) is 11.1 Å². The van der Waals surface area contributed by atoms with Crippen molar-refractivity contribution in [1.82, 2.24) is 15.0 Å². The van der Waals surface area contributed by atoms with Gasteiger partial charge >= 0.3 is 0 Å². The molecule has 2 heterocycles. The smallest absolute Gasteiger partial charge is 0.273 e. The van der Waals surface area contributed by atoms with Gasteiger partial charge < -0.3 is 15.0 Å². The molecule has 0 fully saturated rings. The number of nitrogens with zero attached hydrogens (tertiary/aromatic N) is 2. The van der Waals surface area contributed by atoms with Crippen molar-refractivity contribution in [3.8, 4) is 17.0 Å². The highest BCUT2D eigenvalue weighted by Gasteiger charge is 2.11. The van der Waals surface area contributed by atoms with Crippen LogP contribution in [0.2, 0.25) is 0 Å². The lowest BCUT2D eigenvalue weighted by atomic mass is 10.0. The molecule has 2 N–H and O–H groups in total. The summed E-state index contributed by atoms with van der Waals surface area (Å²) in [6.07, 6.45) is 3.27. The number of H-pyrrole nitrogens is 1. The van der Waals surface area contributed by atoms with E-state index in [-0.39, 0.29) is 5.91 Å². The molecule has 1 aromatic carbocycles. The van der Waals surface area contributed by atoms with Gasteiger partial charge in [-0.1, -0.05) is 12.1 Å². The number of methoxy groups -OCH3 is 1. The monoisotopic (exact) mass is 322 g/mol. The highest BCUT2D eigenvalue weighted by atomic mass is 16.5. The Kier molecular flexibility index (Phi) is 4.29. The van der Waals surface area contributed by atoms with E-state index in [0.29, 0.717) is 17.4 Å². The van der Waals surface area contributed by atoms with Crippen molar-refractivity contribution in [3.05, 3.63) is 59.8 Å². The number of anilines is 1. The van der Waals surface area contributed by atoms with Gasteiger partial charge in [0.05, 0.1) is 13.3 Å². The number of amides is 1. The average Bonchev–Trinajstić information content (AvgIpc) is 3.03. The number of hydrogen-bond donors (Lipinski definition) is 2. The predicted octanol–water partition coefficient (Wildman–Crippen LogP) is 3.35. The third kappa shape index (κ3) is 3.27. The molecular weight excluding hydrogens is 304 g/mol. The van der Waals surface area contributed by atoms with Crippen LogP contribution in [-0.2, 0) is 0 Å². The maximum atomic E-state index is 12.3. The molecule has 2 aromatic heterocycles. The molecule has 0 spiro atoms. The summed E-state index contributed by atoms with van der Waals surface area (Å²) < 4.78 is 5.07. The zero-order valence-electron chi connectivity index (χ0n) is 13.8. The Morgan fingerprint density at radius 3 is 2.50 bits per heavy atom. The van der Waals surface area contributed by atoms with E-state index in [2.05, 4.69) is 20.3 Å². The number of aromatic amines is 1. The average molecular weight is 322 g/mol. The number of carbonyl (C=O) groups is 1. The highest BCUT2D eigenvalue weighted by Crippen LogP contribution is 2.26. The van der Waals surface area contributed by atoms with Crippen molar-refractivity contribution in [2.75, 3.05) is 12.4 Å². The molecule has 0 aliphatic carbocycles. The zero-order valence-corrected chi connectivity index (χ0v) is 13.8. The van der Waals surface area contributed by atoms with Gasteiger partial charge in [-0.3, -0.25) is 4.79 Å². The Hall–Kier alpha value is -3.15. The molecule has 3 aromatic rings. The first kappa shape index (κ1) is 15.7. The lowest BCUT2D eigenvalue weighted by Gasteiger charge is -2.10. The van der Waals surface area contributed by atoms with E-state index in [1.54, 1.807) is 26.3 Å². The van der Waals surface area contributed by atoms with Gasteiger partial charge in [0.25, 0.3) is 5.91 Å². The summed E-state index contributed by atoms with van der Waals surface area (Å²) in [5.74, 6) is 1.05. The Morgan fingerprint density at radius 2 is 1.88 bits per heavy atom. The normalized spacial score (nSPS) is 10.5. The van der Waals surface area contributed by atoms with Gasteiger partial charge in [-0.05, 0) is 37.1 Å². The van der Waals surface area contributed by atoms with E-state index in [1.165, 1.54) is 6.20 Å². The molecule has 1 amide bonds. The number of hydrogen-bond acceptors (Lipinski definition) is 4. The molecule has 0 saturated carbocycles. The third-order valence-electron chi connectivity index (χ3n) is 3.71. The van der Waals surface area contributed by atoms with Crippen LogP contribution in [0.15, 0.2) is 42.7 Å². The molecule has 0 radical (unpaired) electrons. The van der Waals surface area contributed by atoms with Crippen molar-refractivity contribution in [2.45, 2.75) is 13.8 Å². The van der Waals surface area contributed by atoms with E-state index in [0.717, 1.165) is 22.4 Å². The summed E-state index contributed by atoms with van der Waals surface area (Å²) in [5.41, 5.74) is 4.07. The van der Waals surface area contributed by atoms with Gasteiger partial charge in [0.2, 0.25) is 5.88 Å². The number of carbonyl (C=O) groups excluding carboxylic acids is 1. The quantitative estimate of drug-likeness (QED) is 0.772. The summed E-state index contributed by atoms with van der Waals surface area (Å²) in [6.45, 7) is 3.75. The minimum Gasteiger partial charge on any atom is -0.481 e. The van der Waals surface area contributed by atoms with Crippen LogP contribution < -0.4 is 10.1 Å². The van der Waals surface area contributed by atoms with Gasteiger partial charge in [-0.2, -0.15) is 0 Å². The molecule has 24 heavy (non-hydrogen) atoms. The molecule has 0 saturated heterocycles. The SMILES string of the molecule is COc1ccc(-c2ccc(C)c(NC(=O)c3cnc(C)[nH]3)c2)cn1. The Bertz CT molecular complexity index is 869. The van der Waals surface area contributed by atoms with Crippen molar-refractivity contribution in [3.63, 3.8) is 0 Å². The Morgan fingerprint density at radius 1 is 1.08 bits per heavy atom. The minimum atomic E-state index is -0.219. The fraction of sp³-hybridized carbons (Fsp3) is 0.167. The second-order valence-electron chi connectivity index (χ2n) is 5.46. The fourth-order valence-corrected chi connectivity index (χ4v) is 2.33. The van der Waals surface area contributed by atoms with Crippen LogP contribution in [0.3, 0.4) is 0 Å². The van der Waals surface area contributed by atoms with Crippen LogP contribution in [0.5, 0.6) is 5.88 Å². The molecule has 3 rings (SSSR count). The fourth-order valence-electron chi connectivity index (χ4n) is 2.33. The highest BCUT2D eigenvalue weighted by molar-refractivity contribution is 6.03. The van der Waals surface area contributed by atoms with Crippen LogP contribution >= 0.6 is 0 Å². The lowest BCUT2D eigenvalue weighted by molar-refractivity contribution is 0.102. The standard InChI is InChI=1S/C18H18N4O2/c1-11-4-5-13(14-6-7-17(24-3)20-9-14)8-15(11)22-18(23)16-10-19-12(2)21-16/h4-10H,1-3H3,(H,19,21)(H,22,23). The van der Waals surface area contributed by atoms with Gasteiger partial charge in [0, 0.05) is 23.5 Å². The van der Waals surface area contributed by atoms with Crippen LogP contribution in [-0.4, -0.2) is 28.0 Å². The number of rotatable bonds is 4. The first-order chi connectivity index (χ1) is 11.6. The van der Waals surface area contributed by atoms with Crippen LogP contribution in [0.1, 0.15) is 21.9 Å². The number of pyridine rings is 1. The number of aromatic nitrogens is 3. The first-order valence-corrected chi connectivity index (χ1v) is 7.51. The lowest BCUT2D eigenvalue weighted by Crippen LogP contribution is -2.13.